The van der Waals surface area contributed by atoms with Gasteiger partial charge in [0.25, 0.3) is 5.91 Å². The molecular formula is C22H27N3O4. The summed E-state index contributed by atoms with van der Waals surface area (Å²) in [6.07, 6.45) is 0.805. The minimum atomic E-state index is -0.247. The smallest absolute Gasteiger partial charge is 0.255 e. The Morgan fingerprint density at radius 2 is 1.62 bits per heavy atom. The van der Waals surface area contributed by atoms with E-state index >= 15 is 0 Å². The fourth-order valence-corrected chi connectivity index (χ4v) is 3.20. The predicted molar refractivity (Wildman–Crippen MR) is 113 cm³/mol. The molecule has 29 heavy (non-hydrogen) atoms. The second kappa shape index (κ2) is 9.93. The molecule has 1 atom stereocenters. The zero-order valence-electron chi connectivity index (χ0n) is 16.8. The van der Waals surface area contributed by atoms with Crippen LogP contribution in [0.3, 0.4) is 0 Å². The van der Waals surface area contributed by atoms with Crippen LogP contribution in [0.4, 0.5) is 11.4 Å². The maximum Gasteiger partial charge on any atom is 0.255 e. The van der Waals surface area contributed by atoms with Crippen molar-refractivity contribution in [3.63, 3.8) is 0 Å². The van der Waals surface area contributed by atoms with Gasteiger partial charge in [-0.15, -0.1) is 0 Å². The Morgan fingerprint density at radius 1 is 1.00 bits per heavy atom. The minimum absolute atomic E-state index is 0.0560. The number of carbonyl (C=O) groups excluding carboxylic acids is 2. The van der Waals surface area contributed by atoms with Crippen LogP contribution in [-0.4, -0.2) is 38.1 Å². The molecule has 1 fully saturated rings. The van der Waals surface area contributed by atoms with Crippen LogP contribution in [0.5, 0.6) is 11.5 Å². The van der Waals surface area contributed by atoms with Crippen molar-refractivity contribution >= 4 is 23.2 Å². The number of rotatable bonds is 8. The van der Waals surface area contributed by atoms with E-state index in [0.29, 0.717) is 48.2 Å². The summed E-state index contributed by atoms with van der Waals surface area (Å²) in [5.41, 5.74) is 1.56. The number of hydrogen-bond donors (Lipinski definition) is 3. The van der Waals surface area contributed by atoms with E-state index in [1.54, 1.807) is 36.4 Å². The summed E-state index contributed by atoms with van der Waals surface area (Å²) < 4.78 is 11.4. The molecule has 154 valence electrons. The van der Waals surface area contributed by atoms with E-state index in [1.807, 2.05) is 19.9 Å². The quantitative estimate of drug-likeness (QED) is 0.636. The van der Waals surface area contributed by atoms with Gasteiger partial charge in [0.05, 0.1) is 30.5 Å². The molecule has 0 radical (unpaired) electrons. The van der Waals surface area contributed by atoms with Crippen molar-refractivity contribution in [1.82, 2.24) is 5.32 Å². The van der Waals surface area contributed by atoms with E-state index in [9.17, 15) is 9.59 Å². The first-order valence-electron chi connectivity index (χ1n) is 9.94. The largest absolute Gasteiger partial charge is 0.492 e. The van der Waals surface area contributed by atoms with E-state index in [0.717, 1.165) is 13.0 Å². The van der Waals surface area contributed by atoms with Crippen LogP contribution in [0.2, 0.25) is 0 Å². The Kier molecular flexibility index (Phi) is 7.08. The average Bonchev–Trinajstić information content (AvgIpc) is 3.27. The lowest BCUT2D eigenvalue weighted by Crippen LogP contribution is -2.25. The molecule has 1 heterocycles. The Labute approximate surface area is 170 Å². The van der Waals surface area contributed by atoms with Gasteiger partial charge in [0.15, 0.2) is 0 Å². The van der Waals surface area contributed by atoms with Crippen molar-refractivity contribution in [1.29, 1.82) is 0 Å². The molecule has 1 saturated heterocycles. The molecule has 7 nitrogen and oxygen atoms in total. The molecule has 0 saturated carbocycles. The van der Waals surface area contributed by atoms with Crippen molar-refractivity contribution in [3.8, 4) is 11.5 Å². The van der Waals surface area contributed by atoms with Crippen molar-refractivity contribution < 1.29 is 19.1 Å². The molecule has 0 aromatic heterocycles. The molecule has 7 heteroatoms. The zero-order chi connectivity index (χ0) is 20.6. The van der Waals surface area contributed by atoms with Gasteiger partial charge in [-0.25, -0.2) is 0 Å². The van der Waals surface area contributed by atoms with E-state index in [1.165, 1.54) is 0 Å². The van der Waals surface area contributed by atoms with Crippen molar-refractivity contribution in [2.24, 2.45) is 5.92 Å². The second-order valence-electron chi connectivity index (χ2n) is 6.71. The summed E-state index contributed by atoms with van der Waals surface area (Å²) in [6.45, 7) is 6.08. The van der Waals surface area contributed by atoms with Gasteiger partial charge >= 0.3 is 0 Å². The fourth-order valence-electron chi connectivity index (χ4n) is 3.20. The Hall–Kier alpha value is -3.06. The van der Waals surface area contributed by atoms with E-state index in [4.69, 9.17) is 9.47 Å². The fraction of sp³-hybridized carbons (Fsp3) is 0.364. The van der Waals surface area contributed by atoms with Crippen LogP contribution in [-0.2, 0) is 4.79 Å². The maximum absolute atomic E-state index is 12.6. The third kappa shape index (κ3) is 5.26. The van der Waals surface area contributed by atoms with Crippen molar-refractivity contribution in [2.75, 3.05) is 36.9 Å². The highest BCUT2D eigenvalue weighted by Crippen LogP contribution is 2.37. The van der Waals surface area contributed by atoms with Gasteiger partial charge in [-0.05, 0) is 38.9 Å². The van der Waals surface area contributed by atoms with Crippen LogP contribution < -0.4 is 25.4 Å². The first-order chi connectivity index (χ1) is 14.1. The first kappa shape index (κ1) is 20.7. The Bertz CT molecular complexity index is 849. The molecule has 2 aromatic carbocycles. The summed E-state index contributed by atoms with van der Waals surface area (Å²) in [4.78, 5) is 25.2. The zero-order valence-corrected chi connectivity index (χ0v) is 16.8. The van der Waals surface area contributed by atoms with Crippen LogP contribution >= 0.6 is 0 Å². The molecule has 1 aliphatic heterocycles. The van der Waals surface area contributed by atoms with Crippen LogP contribution in [0, 0.1) is 5.92 Å². The Morgan fingerprint density at radius 3 is 2.17 bits per heavy atom. The van der Waals surface area contributed by atoms with E-state index < -0.39 is 0 Å². The van der Waals surface area contributed by atoms with Crippen LogP contribution in [0.25, 0.3) is 0 Å². The molecule has 3 N–H and O–H groups in total. The summed E-state index contributed by atoms with van der Waals surface area (Å²) in [7, 11) is 0. The number of ether oxygens (including phenoxy) is 2. The number of carbonyl (C=O) groups is 2. The highest BCUT2D eigenvalue weighted by atomic mass is 16.5. The van der Waals surface area contributed by atoms with Crippen LogP contribution in [0.1, 0.15) is 30.6 Å². The summed E-state index contributed by atoms with van der Waals surface area (Å²) in [6, 6.07) is 12.3. The topological polar surface area (TPSA) is 88.7 Å². The molecule has 1 aliphatic rings. The predicted octanol–water partition coefficient (Wildman–Crippen LogP) is 3.28. The minimum Gasteiger partial charge on any atom is -0.492 e. The number of benzene rings is 2. The number of anilines is 2. The molecule has 1 unspecified atom stereocenters. The van der Waals surface area contributed by atoms with Gasteiger partial charge in [-0.3, -0.25) is 9.59 Å². The number of hydrogen-bond acceptors (Lipinski definition) is 5. The normalized spacial score (nSPS) is 15.6. The molecular weight excluding hydrogens is 370 g/mol. The lowest BCUT2D eigenvalue weighted by Gasteiger charge is -2.19. The lowest BCUT2D eigenvalue weighted by molar-refractivity contribution is -0.119. The third-order valence-corrected chi connectivity index (χ3v) is 4.65. The van der Waals surface area contributed by atoms with Gasteiger partial charge < -0.3 is 25.4 Å². The molecule has 2 amide bonds. The molecule has 0 spiro atoms. The van der Waals surface area contributed by atoms with E-state index in [2.05, 4.69) is 16.0 Å². The standard InChI is InChI=1S/C22H27N3O4/c1-3-28-19-13-18(25-22(27)16-10-11-23-14-16)20(29-4-2)12-17(19)24-21(26)15-8-6-5-7-9-15/h5-9,12-13,16,23H,3-4,10-11,14H2,1-2H3,(H,24,26)(H,25,27). The SMILES string of the molecule is CCOc1cc(NC(=O)C2CCNC2)c(OCC)cc1NC(=O)c1ccccc1. The maximum atomic E-state index is 12.6. The number of nitrogens with one attached hydrogen (secondary N) is 3. The second-order valence-corrected chi connectivity index (χ2v) is 6.71. The molecule has 3 rings (SSSR count). The van der Waals surface area contributed by atoms with Gasteiger partial charge in [0.1, 0.15) is 11.5 Å². The summed E-state index contributed by atoms with van der Waals surface area (Å²) in [5, 5.41) is 9.02. The summed E-state index contributed by atoms with van der Waals surface area (Å²) in [5.74, 6) is 0.582. The van der Waals surface area contributed by atoms with Gasteiger partial charge in [-0.2, -0.15) is 0 Å². The van der Waals surface area contributed by atoms with Crippen molar-refractivity contribution in [3.05, 3.63) is 48.0 Å². The molecule has 0 bridgehead atoms. The van der Waals surface area contributed by atoms with Gasteiger partial charge in [-0.1, -0.05) is 18.2 Å². The third-order valence-electron chi connectivity index (χ3n) is 4.65. The highest BCUT2D eigenvalue weighted by Gasteiger charge is 2.24. The van der Waals surface area contributed by atoms with Gasteiger partial charge in [0, 0.05) is 24.2 Å². The Balaban J connectivity index is 1.88. The van der Waals surface area contributed by atoms with Crippen molar-refractivity contribution in [2.45, 2.75) is 20.3 Å². The first-order valence-corrected chi connectivity index (χ1v) is 9.94. The van der Waals surface area contributed by atoms with Gasteiger partial charge in [0.2, 0.25) is 5.91 Å². The number of amides is 2. The monoisotopic (exact) mass is 397 g/mol. The molecule has 0 aliphatic carbocycles. The average molecular weight is 397 g/mol. The summed E-state index contributed by atoms with van der Waals surface area (Å²) >= 11 is 0. The van der Waals surface area contributed by atoms with E-state index in [-0.39, 0.29) is 17.7 Å². The molecule has 2 aromatic rings. The highest BCUT2D eigenvalue weighted by molar-refractivity contribution is 6.05. The lowest BCUT2D eigenvalue weighted by atomic mass is 10.1. The van der Waals surface area contributed by atoms with Crippen LogP contribution in [0.15, 0.2) is 42.5 Å².